The summed E-state index contributed by atoms with van der Waals surface area (Å²) in [5.74, 6) is 0.0599. The monoisotopic (exact) mass is 521 g/mol. The number of phenols is 1. The van der Waals surface area contributed by atoms with E-state index < -0.39 is 6.04 Å². The van der Waals surface area contributed by atoms with Crippen molar-refractivity contribution in [1.29, 1.82) is 0 Å². The van der Waals surface area contributed by atoms with E-state index in [9.17, 15) is 14.7 Å². The number of ether oxygens (including phenoxy) is 1. The zero-order chi connectivity index (χ0) is 25.9. The summed E-state index contributed by atoms with van der Waals surface area (Å²) in [5.41, 5.74) is 3.21. The fourth-order valence-corrected chi connectivity index (χ4v) is 4.89. The fraction of sp³-hybridized carbons (Fsp3) is 0.333. The average molecular weight is 522 g/mol. The number of carbonyl (C=O) groups excluding carboxylic acids is 2. The maximum atomic E-state index is 13.2. The van der Waals surface area contributed by atoms with Crippen molar-refractivity contribution in [1.82, 2.24) is 20.2 Å². The maximum absolute atomic E-state index is 13.2. The number of nitrogens with one attached hydrogen (secondary N) is 2. The smallest absolute Gasteiger partial charge is 0.254 e. The van der Waals surface area contributed by atoms with Gasteiger partial charge in [0.05, 0.1) is 23.0 Å². The van der Waals surface area contributed by atoms with Crippen LogP contribution in [0.25, 0.3) is 11.3 Å². The summed E-state index contributed by atoms with van der Waals surface area (Å²) in [6.45, 7) is 3.44. The first kappa shape index (κ1) is 25.0. The summed E-state index contributed by atoms with van der Waals surface area (Å²) < 4.78 is 5.41. The Balaban J connectivity index is 1.27. The molecule has 1 saturated heterocycles. The van der Waals surface area contributed by atoms with Crippen molar-refractivity contribution >= 4 is 29.4 Å². The number of hydrogen-bond donors (Lipinski definition) is 3. The first-order valence-electron chi connectivity index (χ1n) is 12.3. The van der Waals surface area contributed by atoms with Crippen LogP contribution >= 0.6 is 11.6 Å². The zero-order valence-corrected chi connectivity index (χ0v) is 21.2. The molecule has 0 spiro atoms. The quantitative estimate of drug-likeness (QED) is 0.431. The largest absolute Gasteiger partial charge is 0.508 e. The molecule has 9 nitrogen and oxygen atoms in total. The van der Waals surface area contributed by atoms with Crippen LogP contribution in [0.4, 0.5) is 5.95 Å². The molecule has 3 heterocycles. The number of nitrogens with zero attached hydrogens (tertiary/aromatic N) is 3. The Morgan fingerprint density at radius 1 is 1.24 bits per heavy atom. The molecule has 5 rings (SSSR count). The number of hydrogen-bond acceptors (Lipinski definition) is 7. The average Bonchev–Trinajstić information content (AvgIpc) is 3.20. The fourth-order valence-electron chi connectivity index (χ4n) is 4.69. The number of rotatable bonds is 7. The molecule has 0 bridgehead atoms. The third-order valence-corrected chi connectivity index (χ3v) is 6.95. The molecule has 2 aromatic carbocycles. The number of fused-ring (bicyclic) bond motifs is 1. The first-order valence-corrected chi connectivity index (χ1v) is 12.6. The molecule has 192 valence electrons. The normalized spacial score (nSPS) is 16.4. The van der Waals surface area contributed by atoms with Gasteiger partial charge in [-0.1, -0.05) is 41.9 Å². The molecule has 10 heteroatoms. The van der Waals surface area contributed by atoms with Gasteiger partial charge in [-0.2, -0.15) is 0 Å². The second-order valence-corrected chi connectivity index (χ2v) is 9.71. The van der Waals surface area contributed by atoms with E-state index in [0.29, 0.717) is 53.1 Å². The van der Waals surface area contributed by atoms with Crippen LogP contribution in [-0.2, 0) is 16.1 Å². The lowest BCUT2D eigenvalue weighted by atomic mass is 10.0. The Morgan fingerprint density at radius 3 is 2.81 bits per heavy atom. The number of phenolic OH excluding ortho intramolecular Hbond substituents is 1. The topological polar surface area (TPSA) is 117 Å². The summed E-state index contributed by atoms with van der Waals surface area (Å²) in [6, 6.07) is 12.2. The summed E-state index contributed by atoms with van der Waals surface area (Å²) in [7, 11) is 0. The van der Waals surface area contributed by atoms with Gasteiger partial charge in [0.2, 0.25) is 11.9 Å². The number of benzene rings is 2. The molecular formula is C27H28ClN5O4. The highest BCUT2D eigenvalue weighted by Gasteiger charge is 2.30. The molecular weight excluding hydrogens is 494 g/mol. The van der Waals surface area contributed by atoms with E-state index in [1.807, 2.05) is 12.1 Å². The number of amides is 2. The minimum Gasteiger partial charge on any atom is -0.508 e. The van der Waals surface area contributed by atoms with Crippen LogP contribution in [0, 0.1) is 0 Å². The second-order valence-electron chi connectivity index (χ2n) is 9.30. The molecule has 3 aromatic rings. The Labute approximate surface area is 219 Å². The van der Waals surface area contributed by atoms with Gasteiger partial charge in [-0.05, 0) is 37.5 Å². The number of halogens is 1. The van der Waals surface area contributed by atoms with E-state index in [2.05, 4.69) is 20.6 Å². The van der Waals surface area contributed by atoms with Gasteiger partial charge in [0.15, 0.2) is 0 Å². The molecule has 37 heavy (non-hydrogen) atoms. The Bertz CT molecular complexity index is 1330. The van der Waals surface area contributed by atoms with Gasteiger partial charge in [-0.3, -0.25) is 9.59 Å². The van der Waals surface area contributed by atoms with E-state index in [1.165, 1.54) is 4.90 Å². The molecule has 1 fully saturated rings. The van der Waals surface area contributed by atoms with Crippen LogP contribution in [0.5, 0.6) is 5.75 Å². The first-order chi connectivity index (χ1) is 17.9. The number of anilines is 1. The Kier molecular flexibility index (Phi) is 7.25. The van der Waals surface area contributed by atoms with E-state index in [-0.39, 0.29) is 30.2 Å². The van der Waals surface area contributed by atoms with E-state index in [0.717, 1.165) is 18.4 Å². The third kappa shape index (κ3) is 5.52. The van der Waals surface area contributed by atoms with Gasteiger partial charge >= 0.3 is 0 Å². The van der Waals surface area contributed by atoms with Crippen LogP contribution < -0.4 is 10.6 Å². The lowest BCUT2D eigenvalue weighted by Gasteiger charge is -2.23. The maximum Gasteiger partial charge on any atom is 0.254 e. The molecule has 0 aliphatic carbocycles. The molecule has 2 aliphatic rings. The molecule has 0 saturated carbocycles. The highest BCUT2D eigenvalue weighted by atomic mass is 35.5. The minimum absolute atomic E-state index is 0.0891. The van der Waals surface area contributed by atoms with Crippen molar-refractivity contribution in [2.45, 2.75) is 38.4 Å². The summed E-state index contributed by atoms with van der Waals surface area (Å²) in [4.78, 5) is 36.3. The van der Waals surface area contributed by atoms with Gasteiger partial charge in [-0.15, -0.1) is 0 Å². The number of aromatic nitrogens is 2. The number of para-hydroxylation sites is 1. The third-order valence-electron chi connectivity index (χ3n) is 6.68. The van der Waals surface area contributed by atoms with Crippen molar-refractivity contribution in [2.24, 2.45) is 0 Å². The van der Waals surface area contributed by atoms with Gasteiger partial charge in [0.1, 0.15) is 12.3 Å². The standard InChI is InChI=1S/C27H28ClN5O4/c1-16(20-4-2-3-5-23(20)34)30-24(35)15-33-14-18-7-6-17(12-21(18)26(33)36)25-22(28)13-29-27(32-25)31-19-8-10-37-11-9-19/h2-7,12-13,16,19,34H,8-11,14-15H2,1H3,(H,30,35)(H,29,31,32)/t16-/m0/s1. The summed E-state index contributed by atoms with van der Waals surface area (Å²) >= 11 is 6.43. The summed E-state index contributed by atoms with van der Waals surface area (Å²) in [5, 5.41) is 16.6. The van der Waals surface area contributed by atoms with Gasteiger partial charge in [0, 0.05) is 42.5 Å². The van der Waals surface area contributed by atoms with Crippen molar-refractivity contribution in [3.63, 3.8) is 0 Å². The molecule has 0 radical (unpaired) electrons. The second kappa shape index (κ2) is 10.7. The van der Waals surface area contributed by atoms with E-state index in [4.69, 9.17) is 16.3 Å². The lowest BCUT2D eigenvalue weighted by molar-refractivity contribution is -0.122. The molecule has 1 atom stereocenters. The van der Waals surface area contributed by atoms with Gasteiger partial charge in [-0.25, -0.2) is 9.97 Å². The van der Waals surface area contributed by atoms with Gasteiger partial charge in [0.25, 0.3) is 5.91 Å². The zero-order valence-electron chi connectivity index (χ0n) is 20.4. The predicted octanol–water partition coefficient (Wildman–Crippen LogP) is 3.93. The van der Waals surface area contributed by atoms with Crippen LogP contribution in [0.1, 0.15) is 47.3 Å². The molecule has 2 amide bonds. The van der Waals surface area contributed by atoms with Crippen molar-refractivity contribution < 1.29 is 19.4 Å². The number of aromatic hydroxyl groups is 1. The SMILES string of the molecule is C[C@H](NC(=O)CN1Cc2ccc(-c3nc(NC4CCOCC4)ncc3Cl)cc2C1=O)c1ccccc1O. The van der Waals surface area contributed by atoms with Crippen LogP contribution in [0.3, 0.4) is 0 Å². The van der Waals surface area contributed by atoms with Crippen molar-refractivity contribution in [2.75, 3.05) is 25.1 Å². The molecule has 1 aromatic heterocycles. The molecule has 3 N–H and O–H groups in total. The highest BCUT2D eigenvalue weighted by Crippen LogP contribution is 2.32. The molecule has 2 aliphatic heterocycles. The van der Waals surface area contributed by atoms with E-state index in [1.54, 1.807) is 43.5 Å². The summed E-state index contributed by atoms with van der Waals surface area (Å²) in [6.07, 6.45) is 3.32. The Morgan fingerprint density at radius 2 is 2.03 bits per heavy atom. The molecule has 0 unspecified atom stereocenters. The predicted molar refractivity (Wildman–Crippen MR) is 139 cm³/mol. The minimum atomic E-state index is -0.399. The lowest BCUT2D eigenvalue weighted by Crippen LogP contribution is -2.38. The van der Waals surface area contributed by atoms with E-state index >= 15 is 0 Å². The van der Waals surface area contributed by atoms with Crippen LogP contribution in [-0.4, -0.2) is 57.6 Å². The van der Waals surface area contributed by atoms with Crippen LogP contribution in [0.15, 0.2) is 48.7 Å². The van der Waals surface area contributed by atoms with Crippen molar-refractivity contribution in [3.05, 3.63) is 70.4 Å². The highest BCUT2D eigenvalue weighted by molar-refractivity contribution is 6.33. The van der Waals surface area contributed by atoms with Crippen LogP contribution in [0.2, 0.25) is 5.02 Å². The number of carbonyl (C=O) groups is 2. The van der Waals surface area contributed by atoms with Crippen molar-refractivity contribution in [3.8, 4) is 17.0 Å². The van der Waals surface area contributed by atoms with Gasteiger partial charge < -0.3 is 25.4 Å². The Hall–Kier alpha value is -3.69.